The molecule has 4 aliphatic carbocycles. The van der Waals surface area contributed by atoms with Crippen LogP contribution < -0.4 is 0 Å². The topological polar surface area (TPSA) is 65.2 Å². The van der Waals surface area contributed by atoms with Crippen LogP contribution in [0.4, 0.5) is 0 Å². The first-order valence-corrected chi connectivity index (χ1v) is 13.1. The van der Waals surface area contributed by atoms with E-state index in [4.69, 9.17) is 5.26 Å². The summed E-state index contributed by atoms with van der Waals surface area (Å²) in [5, 5.41) is 9.02. The van der Waals surface area contributed by atoms with E-state index in [0.29, 0.717) is 11.5 Å². The van der Waals surface area contributed by atoms with Crippen molar-refractivity contribution >= 4 is 30.7 Å². The molecule has 1 aliphatic heterocycles. The van der Waals surface area contributed by atoms with Crippen LogP contribution in [-0.4, -0.2) is 51.4 Å². The third kappa shape index (κ3) is 5.30. The first-order valence-electron chi connectivity index (χ1n) is 13.1. The van der Waals surface area contributed by atoms with Gasteiger partial charge in [0.2, 0.25) is 5.91 Å². The van der Waals surface area contributed by atoms with Crippen molar-refractivity contribution in [1.29, 1.82) is 5.26 Å². The van der Waals surface area contributed by atoms with Crippen molar-refractivity contribution in [2.75, 3.05) is 26.2 Å². The molecule has 1 amide bonds. The Hall–Kier alpha value is -2.07. The summed E-state index contributed by atoms with van der Waals surface area (Å²) in [7, 11) is 0. The molecule has 4 bridgehead atoms. The van der Waals surface area contributed by atoms with Gasteiger partial charge in [0.05, 0.1) is 29.1 Å². The van der Waals surface area contributed by atoms with Crippen LogP contribution in [0, 0.1) is 34.5 Å². The van der Waals surface area contributed by atoms with Gasteiger partial charge in [0.15, 0.2) is 0 Å². The van der Waals surface area contributed by atoms with Crippen LogP contribution in [0.2, 0.25) is 0 Å². The quantitative estimate of drug-likeness (QED) is 0.552. The fourth-order valence-electron chi connectivity index (χ4n) is 7.77. The van der Waals surface area contributed by atoms with E-state index in [1.54, 1.807) is 0 Å². The molecule has 1 saturated heterocycles. The van der Waals surface area contributed by atoms with E-state index >= 15 is 0 Å². The zero-order valence-electron chi connectivity index (χ0n) is 20.8. The Kier molecular flexibility index (Phi) is 8.34. The number of nitrogens with zero attached hydrogens (tertiary/aromatic N) is 5. The van der Waals surface area contributed by atoms with Gasteiger partial charge in [-0.3, -0.25) is 9.69 Å². The molecule has 2 aromatic rings. The maximum atomic E-state index is 13.8. The molecule has 1 aromatic carbocycles. The van der Waals surface area contributed by atoms with Gasteiger partial charge in [-0.2, -0.15) is 5.26 Å². The first-order chi connectivity index (χ1) is 16.6. The van der Waals surface area contributed by atoms with Crippen molar-refractivity contribution in [3.63, 3.8) is 0 Å². The van der Waals surface area contributed by atoms with Crippen LogP contribution in [0.25, 0.3) is 0 Å². The second kappa shape index (κ2) is 11.1. The Labute approximate surface area is 226 Å². The predicted octanol–water partition coefficient (Wildman–Crippen LogP) is 4.90. The first kappa shape index (κ1) is 27.0. The normalized spacial score (nSPS) is 29.1. The summed E-state index contributed by atoms with van der Waals surface area (Å²) in [6.45, 7) is 5.32. The fourth-order valence-corrected chi connectivity index (χ4v) is 7.77. The second-order valence-electron chi connectivity index (χ2n) is 11.4. The average Bonchev–Trinajstić information content (AvgIpc) is 3.12. The molecule has 0 radical (unpaired) electrons. The minimum Gasteiger partial charge on any atom is -0.341 e. The Morgan fingerprint density at radius 2 is 1.61 bits per heavy atom. The molecule has 194 valence electrons. The monoisotopic (exact) mass is 529 g/mol. The summed E-state index contributed by atoms with van der Waals surface area (Å²) in [6.07, 6.45) is 12.5. The lowest BCUT2D eigenvalue weighted by molar-refractivity contribution is -0.157. The van der Waals surface area contributed by atoms with Crippen LogP contribution in [0.5, 0.6) is 0 Å². The molecule has 2 heterocycles. The second-order valence-corrected chi connectivity index (χ2v) is 11.4. The highest BCUT2D eigenvalue weighted by Crippen LogP contribution is 2.60. The number of imidazole rings is 1. The molecule has 5 aliphatic rings. The minimum absolute atomic E-state index is 0. The van der Waals surface area contributed by atoms with Crippen LogP contribution in [0.15, 0.2) is 36.8 Å². The molecule has 36 heavy (non-hydrogen) atoms. The van der Waals surface area contributed by atoms with E-state index in [2.05, 4.69) is 25.4 Å². The highest BCUT2D eigenvalue weighted by atomic mass is 35.5. The number of nitriles is 1. The molecular weight excluding hydrogens is 493 g/mol. The van der Waals surface area contributed by atoms with E-state index in [9.17, 15) is 4.79 Å². The lowest BCUT2D eigenvalue weighted by atomic mass is 9.49. The number of rotatable bonds is 5. The summed E-state index contributed by atoms with van der Waals surface area (Å²) in [5.41, 5.74) is 3.03. The van der Waals surface area contributed by atoms with Crippen LogP contribution >= 0.6 is 24.8 Å². The van der Waals surface area contributed by atoms with E-state index in [1.807, 2.05) is 36.8 Å². The molecule has 0 N–H and O–H groups in total. The highest BCUT2D eigenvalue weighted by molar-refractivity contribution is 5.85. The molecule has 0 atom stereocenters. The van der Waals surface area contributed by atoms with Gasteiger partial charge >= 0.3 is 0 Å². The van der Waals surface area contributed by atoms with E-state index in [-0.39, 0.29) is 30.2 Å². The van der Waals surface area contributed by atoms with Crippen molar-refractivity contribution in [2.24, 2.45) is 23.2 Å². The third-order valence-corrected chi connectivity index (χ3v) is 8.99. The molecule has 4 saturated carbocycles. The zero-order chi connectivity index (χ0) is 23.1. The van der Waals surface area contributed by atoms with Crippen LogP contribution in [0.3, 0.4) is 0 Å². The van der Waals surface area contributed by atoms with Crippen molar-refractivity contribution in [1.82, 2.24) is 19.4 Å². The molecule has 5 fully saturated rings. The van der Waals surface area contributed by atoms with Crippen molar-refractivity contribution in [3.05, 3.63) is 53.6 Å². The van der Waals surface area contributed by atoms with Gasteiger partial charge in [-0.05, 0) is 80.4 Å². The number of hydrogen-bond acceptors (Lipinski definition) is 4. The molecular formula is C28H37Cl2N5O. The SMILES string of the molecule is Cl.Cl.N#Cc1ccc(Cn2cncc2CN2CCCN(C(=O)C34CC5CC(CC(C5)C3)C4)CC2)cc1. The molecule has 6 nitrogen and oxygen atoms in total. The molecule has 8 heteroatoms. The number of carbonyl (C=O) groups is 1. The number of benzene rings is 1. The van der Waals surface area contributed by atoms with Crippen LogP contribution in [-0.2, 0) is 17.9 Å². The van der Waals surface area contributed by atoms with Crippen molar-refractivity contribution in [3.8, 4) is 6.07 Å². The Balaban J connectivity index is 0.00000152. The average molecular weight is 531 g/mol. The fraction of sp³-hybridized carbons (Fsp3) is 0.607. The molecule has 0 spiro atoms. The number of aromatic nitrogens is 2. The van der Waals surface area contributed by atoms with Gasteiger partial charge < -0.3 is 9.47 Å². The van der Waals surface area contributed by atoms with Gasteiger partial charge in [0, 0.05) is 45.5 Å². The molecule has 0 unspecified atom stereocenters. The summed E-state index contributed by atoms with van der Waals surface area (Å²) in [4.78, 5) is 22.9. The predicted molar refractivity (Wildman–Crippen MR) is 144 cm³/mol. The minimum atomic E-state index is -0.0242. The molecule has 7 rings (SSSR count). The Bertz CT molecular complexity index is 1060. The van der Waals surface area contributed by atoms with E-state index < -0.39 is 0 Å². The van der Waals surface area contributed by atoms with Gasteiger partial charge in [-0.15, -0.1) is 24.8 Å². The smallest absolute Gasteiger partial charge is 0.228 e. The summed E-state index contributed by atoms with van der Waals surface area (Å²) in [6, 6.07) is 9.95. The lowest BCUT2D eigenvalue weighted by Crippen LogP contribution is -2.55. The number of carbonyl (C=O) groups excluding carboxylic acids is 1. The lowest BCUT2D eigenvalue weighted by Gasteiger charge is -2.56. The standard InChI is InChI=1S/C28H35N5O.2ClH/c29-16-21-2-4-22(5-3-21)18-33-20-30-17-26(33)19-31-6-1-7-32(9-8-31)27(34)28-13-23-10-24(14-28)12-25(11-23)15-28;;/h2-5,17,20,23-25H,1,6-15,18-19H2;2*1H. The maximum Gasteiger partial charge on any atom is 0.228 e. The summed E-state index contributed by atoms with van der Waals surface area (Å²) in [5.74, 6) is 2.93. The largest absolute Gasteiger partial charge is 0.341 e. The van der Waals surface area contributed by atoms with Crippen molar-refractivity contribution < 1.29 is 4.79 Å². The van der Waals surface area contributed by atoms with Crippen molar-refractivity contribution in [2.45, 2.75) is 58.0 Å². The van der Waals surface area contributed by atoms with Crippen LogP contribution in [0.1, 0.15) is 61.8 Å². The third-order valence-electron chi connectivity index (χ3n) is 8.99. The van der Waals surface area contributed by atoms with Gasteiger partial charge in [-0.25, -0.2) is 4.98 Å². The van der Waals surface area contributed by atoms with E-state index in [1.165, 1.54) is 30.5 Å². The Morgan fingerprint density at radius 3 is 2.25 bits per heavy atom. The number of hydrogen-bond donors (Lipinski definition) is 0. The number of halogens is 2. The Morgan fingerprint density at radius 1 is 0.944 bits per heavy atom. The highest BCUT2D eigenvalue weighted by Gasteiger charge is 2.55. The molecule has 1 aromatic heterocycles. The van der Waals surface area contributed by atoms with Gasteiger partial charge in [0.25, 0.3) is 0 Å². The number of amides is 1. The summed E-state index contributed by atoms with van der Waals surface area (Å²) >= 11 is 0. The maximum absolute atomic E-state index is 13.8. The zero-order valence-corrected chi connectivity index (χ0v) is 22.5. The summed E-state index contributed by atoms with van der Waals surface area (Å²) < 4.78 is 2.20. The van der Waals surface area contributed by atoms with Gasteiger partial charge in [-0.1, -0.05) is 12.1 Å². The van der Waals surface area contributed by atoms with Gasteiger partial charge in [0.1, 0.15) is 0 Å². The van der Waals surface area contributed by atoms with E-state index in [0.717, 1.165) is 82.7 Å².